The fourth-order valence-corrected chi connectivity index (χ4v) is 4.68. The van der Waals surface area contributed by atoms with E-state index in [2.05, 4.69) is 10.1 Å². The molecule has 0 atom stereocenters. The third-order valence-corrected chi connectivity index (χ3v) is 7.44. The lowest BCUT2D eigenvalue weighted by Gasteiger charge is -2.15. The van der Waals surface area contributed by atoms with Crippen LogP contribution in [0.25, 0.3) is 11.1 Å². The van der Waals surface area contributed by atoms with Crippen LogP contribution in [-0.4, -0.2) is 26.7 Å². The SMILES string of the molecule is CCS(=O)(=O)c1ccc(CC(=O)Nc2ccc(-c3cccc(OC(F)F)c3)c(Oc3cccc(F)c3)c2)cc1. The molecule has 0 bridgehead atoms. The van der Waals surface area contributed by atoms with Gasteiger partial charge in [0.15, 0.2) is 9.84 Å². The van der Waals surface area contributed by atoms with E-state index < -0.39 is 22.3 Å². The topological polar surface area (TPSA) is 81.7 Å². The largest absolute Gasteiger partial charge is 0.457 e. The molecule has 1 amide bonds. The van der Waals surface area contributed by atoms with Gasteiger partial charge in [0.05, 0.1) is 17.1 Å². The molecule has 0 unspecified atom stereocenters. The molecular formula is C29H24F3NO5S. The van der Waals surface area contributed by atoms with Crippen LogP contribution in [0.1, 0.15) is 12.5 Å². The summed E-state index contributed by atoms with van der Waals surface area (Å²) >= 11 is 0. The van der Waals surface area contributed by atoms with Gasteiger partial charge in [-0.15, -0.1) is 0 Å². The summed E-state index contributed by atoms with van der Waals surface area (Å²) in [7, 11) is -3.34. The Morgan fingerprint density at radius 3 is 2.31 bits per heavy atom. The van der Waals surface area contributed by atoms with Gasteiger partial charge in [-0.3, -0.25) is 4.79 Å². The maximum absolute atomic E-state index is 13.8. The lowest BCUT2D eigenvalue weighted by atomic mass is 10.0. The number of ether oxygens (including phenoxy) is 2. The Morgan fingerprint density at radius 2 is 1.62 bits per heavy atom. The molecular weight excluding hydrogens is 531 g/mol. The van der Waals surface area contributed by atoms with Gasteiger partial charge in [-0.2, -0.15) is 8.78 Å². The van der Waals surface area contributed by atoms with E-state index in [9.17, 15) is 26.4 Å². The molecule has 202 valence electrons. The summed E-state index contributed by atoms with van der Waals surface area (Å²) in [5.74, 6) is -0.508. The zero-order valence-electron chi connectivity index (χ0n) is 20.7. The summed E-state index contributed by atoms with van der Waals surface area (Å²) in [6.07, 6.45) is -0.0126. The van der Waals surface area contributed by atoms with Crippen molar-refractivity contribution in [2.45, 2.75) is 24.9 Å². The third kappa shape index (κ3) is 7.38. The number of carbonyl (C=O) groups excluding carboxylic acids is 1. The van der Waals surface area contributed by atoms with Crippen LogP contribution in [0.2, 0.25) is 0 Å². The second kappa shape index (κ2) is 12.0. The summed E-state index contributed by atoms with van der Waals surface area (Å²) < 4.78 is 73.7. The van der Waals surface area contributed by atoms with E-state index >= 15 is 0 Å². The van der Waals surface area contributed by atoms with Gasteiger partial charge in [-0.25, -0.2) is 12.8 Å². The van der Waals surface area contributed by atoms with Gasteiger partial charge in [0.2, 0.25) is 5.91 Å². The van der Waals surface area contributed by atoms with Gasteiger partial charge < -0.3 is 14.8 Å². The Balaban J connectivity index is 1.59. The Bertz CT molecular complexity index is 1570. The Morgan fingerprint density at radius 1 is 0.897 bits per heavy atom. The number of amides is 1. The maximum Gasteiger partial charge on any atom is 0.387 e. The first-order chi connectivity index (χ1) is 18.6. The van der Waals surface area contributed by atoms with Crippen LogP contribution >= 0.6 is 0 Å². The van der Waals surface area contributed by atoms with E-state index in [1.807, 2.05) is 0 Å². The fourth-order valence-electron chi connectivity index (χ4n) is 3.79. The van der Waals surface area contributed by atoms with Crippen molar-refractivity contribution in [3.63, 3.8) is 0 Å². The number of carbonyl (C=O) groups is 1. The normalized spacial score (nSPS) is 11.3. The van der Waals surface area contributed by atoms with E-state index in [4.69, 9.17) is 4.74 Å². The first-order valence-corrected chi connectivity index (χ1v) is 13.5. The minimum absolute atomic E-state index is 0.0126. The summed E-state index contributed by atoms with van der Waals surface area (Å²) in [6, 6.07) is 22.4. The molecule has 0 saturated carbocycles. The quantitative estimate of drug-likeness (QED) is 0.231. The fraction of sp³-hybridized carbons (Fsp3) is 0.138. The van der Waals surface area contributed by atoms with Crippen LogP contribution in [0.3, 0.4) is 0 Å². The summed E-state index contributed by atoms with van der Waals surface area (Å²) in [5, 5.41) is 2.77. The number of alkyl halides is 2. The van der Waals surface area contributed by atoms with Crippen molar-refractivity contribution in [1.29, 1.82) is 0 Å². The molecule has 10 heteroatoms. The Hall–Kier alpha value is -4.31. The molecule has 4 aromatic rings. The number of hydrogen-bond donors (Lipinski definition) is 1. The van der Waals surface area contributed by atoms with Crippen molar-refractivity contribution in [3.8, 4) is 28.4 Å². The van der Waals surface area contributed by atoms with Crippen LogP contribution < -0.4 is 14.8 Å². The smallest absolute Gasteiger partial charge is 0.387 e. The maximum atomic E-state index is 13.8. The molecule has 1 N–H and O–H groups in total. The minimum atomic E-state index is -3.34. The van der Waals surface area contributed by atoms with E-state index in [-0.39, 0.29) is 40.2 Å². The molecule has 39 heavy (non-hydrogen) atoms. The van der Waals surface area contributed by atoms with E-state index in [0.717, 1.165) is 0 Å². The van der Waals surface area contributed by atoms with Crippen LogP contribution in [0.15, 0.2) is 95.9 Å². The molecule has 0 aliphatic rings. The first-order valence-electron chi connectivity index (χ1n) is 11.9. The van der Waals surface area contributed by atoms with Gasteiger partial charge in [-0.05, 0) is 59.7 Å². The summed E-state index contributed by atoms with van der Waals surface area (Å²) in [4.78, 5) is 12.9. The lowest BCUT2D eigenvalue weighted by molar-refractivity contribution is -0.115. The molecule has 0 saturated heterocycles. The molecule has 0 radical (unpaired) electrons. The molecule has 0 aromatic heterocycles. The van der Waals surface area contributed by atoms with Gasteiger partial charge >= 0.3 is 6.61 Å². The van der Waals surface area contributed by atoms with Crippen molar-refractivity contribution >= 4 is 21.4 Å². The average molecular weight is 556 g/mol. The first kappa shape index (κ1) is 27.7. The molecule has 0 aliphatic heterocycles. The molecule has 4 aromatic carbocycles. The number of sulfone groups is 1. The number of rotatable bonds is 10. The highest BCUT2D eigenvalue weighted by molar-refractivity contribution is 7.91. The molecule has 0 spiro atoms. The second-order valence-electron chi connectivity index (χ2n) is 8.45. The second-order valence-corrected chi connectivity index (χ2v) is 10.7. The predicted molar refractivity (Wildman–Crippen MR) is 141 cm³/mol. The third-order valence-electron chi connectivity index (χ3n) is 5.69. The van der Waals surface area contributed by atoms with Gasteiger partial charge in [0.25, 0.3) is 0 Å². The van der Waals surface area contributed by atoms with Gasteiger partial charge in [0, 0.05) is 23.4 Å². The number of hydrogen-bond acceptors (Lipinski definition) is 5. The van der Waals surface area contributed by atoms with Crippen molar-refractivity contribution in [3.05, 3.63) is 102 Å². The van der Waals surface area contributed by atoms with Crippen molar-refractivity contribution in [1.82, 2.24) is 0 Å². The number of anilines is 1. The molecule has 0 heterocycles. The highest BCUT2D eigenvalue weighted by atomic mass is 32.2. The zero-order chi connectivity index (χ0) is 28.0. The summed E-state index contributed by atoms with van der Waals surface area (Å²) in [5.41, 5.74) is 1.98. The van der Waals surface area contributed by atoms with E-state index in [1.165, 1.54) is 48.5 Å². The lowest BCUT2D eigenvalue weighted by Crippen LogP contribution is -2.14. The van der Waals surface area contributed by atoms with E-state index in [1.54, 1.807) is 49.4 Å². The van der Waals surface area contributed by atoms with Crippen LogP contribution in [0.4, 0.5) is 18.9 Å². The molecule has 4 rings (SSSR count). The molecule has 0 fully saturated rings. The minimum Gasteiger partial charge on any atom is -0.457 e. The monoisotopic (exact) mass is 555 g/mol. The van der Waals surface area contributed by atoms with Gasteiger partial charge in [-0.1, -0.05) is 37.3 Å². The van der Waals surface area contributed by atoms with Crippen LogP contribution in [-0.2, 0) is 21.1 Å². The van der Waals surface area contributed by atoms with Crippen LogP contribution in [0, 0.1) is 5.82 Å². The van der Waals surface area contributed by atoms with E-state index in [0.29, 0.717) is 22.4 Å². The highest BCUT2D eigenvalue weighted by Gasteiger charge is 2.15. The number of nitrogens with one attached hydrogen (secondary N) is 1. The van der Waals surface area contributed by atoms with Crippen molar-refractivity contribution in [2.75, 3.05) is 11.1 Å². The zero-order valence-corrected chi connectivity index (χ0v) is 21.6. The highest BCUT2D eigenvalue weighted by Crippen LogP contribution is 2.37. The van der Waals surface area contributed by atoms with Crippen molar-refractivity contribution < 1.29 is 35.9 Å². The number of benzene rings is 4. The Labute approximate surface area is 223 Å². The summed E-state index contributed by atoms with van der Waals surface area (Å²) in [6.45, 7) is -1.43. The Kier molecular flexibility index (Phi) is 8.55. The van der Waals surface area contributed by atoms with Crippen LogP contribution in [0.5, 0.6) is 17.2 Å². The van der Waals surface area contributed by atoms with Gasteiger partial charge in [0.1, 0.15) is 23.1 Å². The molecule has 0 aliphatic carbocycles. The standard InChI is InChI=1S/C29H24F3NO5S/c1-2-39(35,36)25-12-9-19(10-13-25)15-28(34)33-22-11-14-26(20-5-3-7-23(16-20)38-29(31)32)27(18-22)37-24-8-4-6-21(30)17-24/h3-14,16-18,29H,2,15H2,1H3,(H,33,34). The molecule has 6 nitrogen and oxygen atoms in total. The predicted octanol–water partition coefficient (Wildman–Crippen LogP) is 6.86. The average Bonchev–Trinajstić information content (AvgIpc) is 2.89. The van der Waals surface area contributed by atoms with Crippen molar-refractivity contribution in [2.24, 2.45) is 0 Å². The number of halogens is 3.